The summed E-state index contributed by atoms with van der Waals surface area (Å²) in [7, 11) is 0. The summed E-state index contributed by atoms with van der Waals surface area (Å²) >= 11 is 0. The van der Waals surface area contributed by atoms with Crippen LogP contribution in [-0.2, 0) is 0 Å². The molecule has 23 heavy (non-hydrogen) atoms. The van der Waals surface area contributed by atoms with Crippen molar-refractivity contribution in [1.29, 1.82) is 0 Å². The molecule has 0 saturated carbocycles. The Hall–Kier alpha value is -1.96. The highest BCUT2D eigenvalue weighted by molar-refractivity contribution is 5.50. The Morgan fingerprint density at radius 1 is 0.696 bits per heavy atom. The average Bonchev–Trinajstić information content (AvgIpc) is 2.58. The van der Waals surface area contributed by atoms with Crippen molar-refractivity contribution < 1.29 is 9.47 Å². The molecule has 0 aromatic heterocycles. The molecule has 0 unspecified atom stereocenters. The van der Waals surface area contributed by atoms with Crippen LogP contribution in [0.3, 0.4) is 0 Å². The highest BCUT2D eigenvalue weighted by Crippen LogP contribution is 2.28. The van der Waals surface area contributed by atoms with Crippen LogP contribution < -0.4 is 9.47 Å². The van der Waals surface area contributed by atoms with Gasteiger partial charge in [0.1, 0.15) is 11.5 Å². The van der Waals surface area contributed by atoms with Gasteiger partial charge in [-0.05, 0) is 25.0 Å². The first-order chi connectivity index (χ1) is 11.3. The van der Waals surface area contributed by atoms with Crippen LogP contribution in [0.2, 0.25) is 0 Å². The van der Waals surface area contributed by atoms with E-state index in [2.05, 4.69) is 32.4 Å². The SMILES string of the molecule is CCCCOc1ccccc1[CH]c1ccccc1OCCCC. The van der Waals surface area contributed by atoms with Crippen LogP contribution in [0.15, 0.2) is 48.5 Å². The predicted octanol–water partition coefficient (Wildman–Crippen LogP) is 5.65. The van der Waals surface area contributed by atoms with E-state index in [-0.39, 0.29) is 0 Å². The van der Waals surface area contributed by atoms with Crippen LogP contribution in [0, 0.1) is 6.42 Å². The first-order valence-electron chi connectivity index (χ1n) is 8.63. The van der Waals surface area contributed by atoms with Crippen molar-refractivity contribution in [2.75, 3.05) is 13.2 Å². The first kappa shape index (κ1) is 17.4. The van der Waals surface area contributed by atoms with E-state index in [1.807, 2.05) is 36.4 Å². The third-order valence-corrected chi connectivity index (χ3v) is 3.66. The maximum atomic E-state index is 5.92. The third-order valence-electron chi connectivity index (χ3n) is 3.66. The molecule has 0 aliphatic heterocycles. The van der Waals surface area contributed by atoms with Gasteiger partial charge in [-0.25, -0.2) is 0 Å². The Kier molecular flexibility index (Phi) is 7.51. The third kappa shape index (κ3) is 5.63. The second kappa shape index (κ2) is 9.94. The highest BCUT2D eigenvalue weighted by atomic mass is 16.5. The molecule has 2 nitrogen and oxygen atoms in total. The molecule has 0 N–H and O–H groups in total. The molecule has 1 radical (unpaired) electrons. The molecule has 2 heteroatoms. The van der Waals surface area contributed by atoms with Gasteiger partial charge in [-0.15, -0.1) is 0 Å². The van der Waals surface area contributed by atoms with E-state index in [0.717, 1.165) is 61.5 Å². The number of ether oxygens (including phenoxy) is 2. The Labute approximate surface area is 140 Å². The molecule has 0 fully saturated rings. The number of para-hydroxylation sites is 2. The number of benzene rings is 2. The lowest BCUT2D eigenvalue weighted by Gasteiger charge is -2.14. The average molecular weight is 311 g/mol. The first-order valence-corrected chi connectivity index (χ1v) is 8.63. The molecule has 0 aliphatic rings. The van der Waals surface area contributed by atoms with Gasteiger partial charge in [0.05, 0.1) is 13.2 Å². The molecule has 0 bridgehead atoms. The van der Waals surface area contributed by atoms with E-state index in [9.17, 15) is 0 Å². The van der Waals surface area contributed by atoms with Crippen LogP contribution in [0.25, 0.3) is 0 Å². The Bertz CT molecular complexity index is 526. The van der Waals surface area contributed by atoms with Gasteiger partial charge in [0.25, 0.3) is 0 Å². The molecule has 0 spiro atoms. The van der Waals surface area contributed by atoms with E-state index in [1.54, 1.807) is 0 Å². The van der Waals surface area contributed by atoms with Crippen LogP contribution in [-0.4, -0.2) is 13.2 Å². The van der Waals surface area contributed by atoms with Crippen LogP contribution >= 0.6 is 0 Å². The van der Waals surface area contributed by atoms with E-state index >= 15 is 0 Å². The van der Waals surface area contributed by atoms with Crippen molar-refractivity contribution in [2.45, 2.75) is 39.5 Å². The monoisotopic (exact) mass is 311 g/mol. The van der Waals surface area contributed by atoms with Gasteiger partial charge < -0.3 is 9.47 Å². The zero-order valence-electron chi connectivity index (χ0n) is 14.3. The normalized spacial score (nSPS) is 10.5. The molecule has 0 heterocycles. The molecule has 0 amide bonds. The fourth-order valence-corrected chi connectivity index (χ4v) is 2.28. The fraction of sp³-hybridized carbons (Fsp3) is 0.381. The van der Waals surface area contributed by atoms with Crippen molar-refractivity contribution in [3.63, 3.8) is 0 Å². The maximum Gasteiger partial charge on any atom is 0.123 e. The zero-order valence-corrected chi connectivity index (χ0v) is 14.3. The number of unbranched alkanes of at least 4 members (excludes halogenated alkanes) is 2. The number of rotatable bonds is 10. The quantitative estimate of drug-likeness (QED) is 0.528. The molecule has 0 aliphatic carbocycles. The molecule has 0 atom stereocenters. The Morgan fingerprint density at radius 2 is 1.13 bits per heavy atom. The topological polar surface area (TPSA) is 18.5 Å². The summed E-state index contributed by atoms with van der Waals surface area (Å²) in [6.07, 6.45) is 6.57. The smallest absolute Gasteiger partial charge is 0.123 e. The lowest BCUT2D eigenvalue weighted by molar-refractivity contribution is 0.306. The lowest BCUT2D eigenvalue weighted by atomic mass is 10.0. The number of hydrogen-bond donors (Lipinski definition) is 0. The van der Waals surface area contributed by atoms with Gasteiger partial charge in [-0.1, -0.05) is 63.1 Å². The van der Waals surface area contributed by atoms with Gasteiger partial charge in [-0.3, -0.25) is 0 Å². The molecular formula is C21H27O2. The molecule has 2 rings (SSSR count). The summed E-state index contributed by atoms with van der Waals surface area (Å²) in [6, 6.07) is 16.3. The van der Waals surface area contributed by atoms with Gasteiger partial charge in [0.15, 0.2) is 0 Å². The molecule has 123 valence electrons. The summed E-state index contributed by atoms with van der Waals surface area (Å²) in [5.74, 6) is 1.87. The van der Waals surface area contributed by atoms with Gasteiger partial charge in [0.2, 0.25) is 0 Å². The van der Waals surface area contributed by atoms with E-state index in [1.165, 1.54) is 0 Å². The molecule has 2 aromatic carbocycles. The second-order valence-electron chi connectivity index (χ2n) is 5.62. The van der Waals surface area contributed by atoms with Crippen LogP contribution in [0.5, 0.6) is 11.5 Å². The molecular weight excluding hydrogens is 284 g/mol. The van der Waals surface area contributed by atoms with Crippen molar-refractivity contribution in [1.82, 2.24) is 0 Å². The largest absolute Gasteiger partial charge is 0.493 e. The minimum absolute atomic E-state index is 0.760. The highest BCUT2D eigenvalue weighted by Gasteiger charge is 2.09. The number of hydrogen-bond acceptors (Lipinski definition) is 2. The zero-order chi connectivity index (χ0) is 16.3. The van der Waals surface area contributed by atoms with E-state index in [0.29, 0.717) is 0 Å². The van der Waals surface area contributed by atoms with Crippen molar-refractivity contribution in [3.05, 3.63) is 66.1 Å². The summed E-state index contributed by atoms with van der Waals surface area (Å²) in [5.41, 5.74) is 2.19. The van der Waals surface area contributed by atoms with Gasteiger partial charge >= 0.3 is 0 Å². The van der Waals surface area contributed by atoms with Crippen molar-refractivity contribution >= 4 is 0 Å². The molecule has 0 saturated heterocycles. The lowest BCUT2D eigenvalue weighted by Crippen LogP contribution is -2.02. The summed E-state index contributed by atoms with van der Waals surface area (Å²) < 4.78 is 11.8. The summed E-state index contributed by atoms with van der Waals surface area (Å²) in [4.78, 5) is 0. The summed E-state index contributed by atoms with van der Waals surface area (Å²) in [6.45, 7) is 5.86. The van der Waals surface area contributed by atoms with Gasteiger partial charge in [0, 0.05) is 17.5 Å². The summed E-state index contributed by atoms with van der Waals surface area (Å²) in [5, 5.41) is 0. The fourth-order valence-electron chi connectivity index (χ4n) is 2.28. The van der Waals surface area contributed by atoms with Crippen molar-refractivity contribution in [2.24, 2.45) is 0 Å². The standard InChI is InChI=1S/C21H27O2/c1-3-5-15-22-20-13-9-7-11-18(20)17-19-12-8-10-14-21(19)23-16-6-4-2/h7-14,17H,3-6,15-16H2,1-2H3. The van der Waals surface area contributed by atoms with Crippen LogP contribution in [0.4, 0.5) is 0 Å². The Balaban J connectivity index is 2.09. The maximum absolute atomic E-state index is 5.92. The van der Waals surface area contributed by atoms with Crippen LogP contribution in [0.1, 0.15) is 50.7 Å². The van der Waals surface area contributed by atoms with Gasteiger partial charge in [-0.2, -0.15) is 0 Å². The second-order valence-corrected chi connectivity index (χ2v) is 5.62. The minimum atomic E-state index is 0.760. The molecule has 2 aromatic rings. The van der Waals surface area contributed by atoms with E-state index in [4.69, 9.17) is 9.47 Å². The Morgan fingerprint density at radius 3 is 1.57 bits per heavy atom. The predicted molar refractivity (Wildman–Crippen MR) is 96.2 cm³/mol. The minimum Gasteiger partial charge on any atom is -0.493 e. The van der Waals surface area contributed by atoms with Crippen molar-refractivity contribution in [3.8, 4) is 11.5 Å². The van der Waals surface area contributed by atoms with E-state index < -0.39 is 0 Å².